The maximum absolute atomic E-state index is 8.00. The third kappa shape index (κ3) is 13.8. The van der Waals surface area contributed by atoms with Crippen LogP contribution in [0, 0.1) is 0 Å². The van der Waals surface area contributed by atoms with Crippen molar-refractivity contribution in [2.24, 2.45) is 5.73 Å². The van der Waals surface area contributed by atoms with Crippen molar-refractivity contribution in [2.45, 2.75) is 74.8 Å². The first-order valence-electron chi connectivity index (χ1n) is 8.87. The van der Waals surface area contributed by atoms with Gasteiger partial charge in [0.15, 0.2) is 0 Å². The SMILES string of the molecule is C=O.CC.CC.CC.CC.CC(N)Cc1c[nH]c2ccccc12. The number of para-hydroxylation sites is 1. The Bertz CT molecular complexity index is 422. The van der Waals surface area contributed by atoms with E-state index in [1.807, 2.05) is 81.4 Å². The van der Waals surface area contributed by atoms with Gasteiger partial charge in [0.1, 0.15) is 6.79 Å². The van der Waals surface area contributed by atoms with E-state index in [1.54, 1.807) is 0 Å². The van der Waals surface area contributed by atoms with Crippen molar-refractivity contribution in [2.75, 3.05) is 0 Å². The van der Waals surface area contributed by atoms with Crippen molar-refractivity contribution in [3.8, 4) is 0 Å². The first kappa shape index (κ1) is 29.4. The van der Waals surface area contributed by atoms with E-state index in [1.165, 1.54) is 16.5 Å². The zero-order chi connectivity index (χ0) is 19.3. The van der Waals surface area contributed by atoms with Crippen molar-refractivity contribution in [3.63, 3.8) is 0 Å². The van der Waals surface area contributed by atoms with E-state index in [0.29, 0.717) is 0 Å². The fourth-order valence-electron chi connectivity index (χ4n) is 1.65. The normalized spacial score (nSPS) is 8.78. The fraction of sp³-hybridized carbons (Fsp3) is 0.550. The van der Waals surface area contributed by atoms with Gasteiger partial charge in [-0.15, -0.1) is 0 Å². The van der Waals surface area contributed by atoms with Crippen LogP contribution in [0.3, 0.4) is 0 Å². The van der Waals surface area contributed by atoms with E-state index >= 15 is 0 Å². The molecule has 3 nitrogen and oxygen atoms in total. The standard InChI is InChI=1S/C11H14N2.4C2H6.CH2O/c1-8(12)6-9-7-13-11-5-3-2-4-10(9)11;5*1-2/h2-5,7-8,13H,6,12H2,1H3;4*1-2H3;1H2. The molecular formula is C20H40N2O. The Hall–Kier alpha value is -1.61. The molecule has 0 amide bonds. The summed E-state index contributed by atoms with van der Waals surface area (Å²) in [4.78, 5) is 11.2. The lowest BCUT2D eigenvalue weighted by Gasteiger charge is -2.02. The summed E-state index contributed by atoms with van der Waals surface area (Å²) in [6, 6.07) is 8.53. The molecule has 1 aromatic carbocycles. The second-order valence-electron chi connectivity index (χ2n) is 3.54. The number of carbonyl (C=O) groups is 1. The lowest BCUT2D eigenvalue weighted by molar-refractivity contribution is -0.0979. The molecule has 23 heavy (non-hydrogen) atoms. The summed E-state index contributed by atoms with van der Waals surface area (Å²) in [5.74, 6) is 0. The lowest BCUT2D eigenvalue weighted by atomic mass is 10.1. The number of carbonyl (C=O) groups excluding carboxylic acids is 1. The van der Waals surface area contributed by atoms with Crippen LogP contribution in [-0.4, -0.2) is 17.8 Å². The Morgan fingerprint density at radius 1 is 0.957 bits per heavy atom. The first-order chi connectivity index (χ1) is 11.3. The number of benzene rings is 1. The van der Waals surface area contributed by atoms with Crippen LogP contribution in [0.15, 0.2) is 30.5 Å². The quantitative estimate of drug-likeness (QED) is 0.714. The topological polar surface area (TPSA) is 58.9 Å². The van der Waals surface area contributed by atoms with Crippen LogP contribution in [-0.2, 0) is 11.2 Å². The van der Waals surface area contributed by atoms with E-state index in [4.69, 9.17) is 10.5 Å². The largest absolute Gasteiger partial charge is 0.361 e. The maximum Gasteiger partial charge on any atom is 0.106 e. The van der Waals surface area contributed by atoms with E-state index in [2.05, 4.69) is 23.2 Å². The molecule has 1 atom stereocenters. The van der Waals surface area contributed by atoms with Crippen LogP contribution in [0.2, 0.25) is 0 Å². The van der Waals surface area contributed by atoms with Crippen LogP contribution < -0.4 is 5.73 Å². The van der Waals surface area contributed by atoms with Crippen LogP contribution >= 0.6 is 0 Å². The van der Waals surface area contributed by atoms with Crippen molar-refractivity contribution in [1.82, 2.24) is 4.98 Å². The van der Waals surface area contributed by atoms with Gasteiger partial charge in [0.2, 0.25) is 0 Å². The van der Waals surface area contributed by atoms with E-state index in [0.717, 1.165) is 6.42 Å². The van der Waals surface area contributed by atoms with E-state index in [-0.39, 0.29) is 6.04 Å². The van der Waals surface area contributed by atoms with Gasteiger partial charge < -0.3 is 15.5 Å². The molecule has 0 fully saturated rings. The Labute approximate surface area is 144 Å². The lowest BCUT2D eigenvalue weighted by Crippen LogP contribution is -2.17. The number of fused-ring (bicyclic) bond motifs is 1. The Balaban J connectivity index is -0.000000156. The highest BCUT2D eigenvalue weighted by Gasteiger charge is 2.03. The number of aromatic nitrogens is 1. The molecular weight excluding hydrogens is 284 g/mol. The number of H-pyrrole nitrogens is 1. The Morgan fingerprint density at radius 2 is 1.39 bits per heavy atom. The highest BCUT2D eigenvalue weighted by Crippen LogP contribution is 2.18. The average molecular weight is 325 g/mol. The number of rotatable bonds is 2. The molecule has 0 saturated heterocycles. The van der Waals surface area contributed by atoms with Gasteiger partial charge in [-0.2, -0.15) is 0 Å². The smallest absolute Gasteiger partial charge is 0.106 e. The first-order valence-corrected chi connectivity index (χ1v) is 8.87. The third-order valence-corrected chi connectivity index (χ3v) is 2.22. The van der Waals surface area contributed by atoms with E-state index < -0.39 is 0 Å². The van der Waals surface area contributed by atoms with Gasteiger partial charge in [-0.3, -0.25) is 0 Å². The van der Waals surface area contributed by atoms with Gasteiger partial charge in [-0.05, 0) is 25.0 Å². The van der Waals surface area contributed by atoms with Crippen molar-refractivity contribution in [3.05, 3.63) is 36.0 Å². The molecule has 0 spiro atoms. The third-order valence-electron chi connectivity index (χ3n) is 2.22. The summed E-state index contributed by atoms with van der Waals surface area (Å²) >= 11 is 0. The van der Waals surface area contributed by atoms with Crippen LogP contribution in [0.4, 0.5) is 0 Å². The molecule has 1 aromatic heterocycles. The number of hydrogen-bond donors (Lipinski definition) is 2. The monoisotopic (exact) mass is 324 g/mol. The summed E-state index contributed by atoms with van der Waals surface area (Å²) < 4.78 is 0. The summed E-state index contributed by atoms with van der Waals surface area (Å²) in [6.07, 6.45) is 2.98. The number of nitrogens with two attached hydrogens (primary N) is 1. The molecule has 0 aliphatic carbocycles. The number of nitrogens with one attached hydrogen (secondary N) is 1. The van der Waals surface area contributed by atoms with Gasteiger partial charge >= 0.3 is 0 Å². The van der Waals surface area contributed by atoms with Crippen molar-refractivity contribution in [1.29, 1.82) is 0 Å². The van der Waals surface area contributed by atoms with Crippen LogP contribution in [0.25, 0.3) is 10.9 Å². The molecule has 0 bridgehead atoms. The molecule has 0 aliphatic heterocycles. The molecule has 0 radical (unpaired) electrons. The highest BCUT2D eigenvalue weighted by atomic mass is 16.1. The Morgan fingerprint density at radius 3 is 1.83 bits per heavy atom. The summed E-state index contributed by atoms with van der Waals surface area (Å²) in [6.45, 7) is 20.0. The highest BCUT2D eigenvalue weighted by molar-refractivity contribution is 5.83. The number of hydrogen-bond acceptors (Lipinski definition) is 2. The van der Waals surface area contributed by atoms with Gasteiger partial charge in [0, 0.05) is 23.1 Å². The summed E-state index contributed by atoms with van der Waals surface area (Å²) in [5, 5.41) is 1.29. The predicted molar refractivity (Wildman–Crippen MR) is 108 cm³/mol. The van der Waals surface area contributed by atoms with Gasteiger partial charge in [-0.1, -0.05) is 73.6 Å². The zero-order valence-corrected chi connectivity index (χ0v) is 16.9. The minimum absolute atomic E-state index is 0.221. The summed E-state index contributed by atoms with van der Waals surface area (Å²) in [5.41, 5.74) is 8.26. The molecule has 3 N–H and O–H groups in total. The zero-order valence-electron chi connectivity index (χ0n) is 16.9. The van der Waals surface area contributed by atoms with Gasteiger partial charge in [0.25, 0.3) is 0 Å². The van der Waals surface area contributed by atoms with Crippen molar-refractivity contribution >= 4 is 17.7 Å². The van der Waals surface area contributed by atoms with Crippen LogP contribution in [0.1, 0.15) is 67.9 Å². The predicted octanol–water partition coefficient (Wildman–Crippen LogP) is 5.98. The second-order valence-corrected chi connectivity index (χ2v) is 3.54. The van der Waals surface area contributed by atoms with Crippen molar-refractivity contribution < 1.29 is 4.79 Å². The van der Waals surface area contributed by atoms with Crippen LogP contribution in [0.5, 0.6) is 0 Å². The molecule has 2 rings (SSSR count). The molecule has 0 aliphatic rings. The minimum atomic E-state index is 0.221. The average Bonchev–Trinajstić information content (AvgIpc) is 3.06. The maximum atomic E-state index is 8.00. The Kier molecular flexibility index (Phi) is 32.4. The van der Waals surface area contributed by atoms with Gasteiger partial charge in [0.05, 0.1) is 0 Å². The minimum Gasteiger partial charge on any atom is -0.361 e. The van der Waals surface area contributed by atoms with Gasteiger partial charge in [-0.25, -0.2) is 0 Å². The van der Waals surface area contributed by atoms with E-state index in [9.17, 15) is 0 Å². The molecule has 136 valence electrons. The fourth-order valence-corrected chi connectivity index (χ4v) is 1.65. The number of aromatic amines is 1. The second kappa shape index (κ2) is 25.3. The summed E-state index contributed by atoms with van der Waals surface area (Å²) in [7, 11) is 0. The molecule has 0 saturated carbocycles. The molecule has 2 aromatic rings. The molecule has 1 unspecified atom stereocenters. The molecule has 3 heteroatoms. The molecule has 1 heterocycles.